The quantitative estimate of drug-likeness (QED) is 0.661. The Kier molecular flexibility index (Phi) is 5.84. The Morgan fingerprint density at radius 1 is 1.07 bits per heavy atom. The van der Waals surface area contributed by atoms with E-state index in [-0.39, 0.29) is 22.4 Å². The summed E-state index contributed by atoms with van der Waals surface area (Å²) in [5.41, 5.74) is 0.832. The SMILES string of the molecule is CC(Cc1ccco1)NC(=O)c1cccc(S(=O)(=O)N(C)c2ccccc2)c1. The molecule has 7 heteroatoms. The number of hydrogen-bond donors (Lipinski definition) is 1. The molecule has 1 unspecified atom stereocenters. The van der Waals surface area contributed by atoms with Gasteiger partial charge in [-0.2, -0.15) is 0 Å². The zero-order valence-electron chi connectivity index (χ0n) is 15.7. The minimum absolute atomic E-state index is 0.0604. The maximum absolute atomic E-state index is 12.9. The molecule has 0 aliphatic rings. The normalized spacial score (nSPS) is 12.4. The number of hydrogen-bond acceptors (Lipinski definition) is 4. The van der Waals surface area contributed by atoms with Crippen LogP contribution in [0.4, 0.5) is 5.69 Å². The molecule has 1 N–H and O–H groups in total. The summed E-state index contributed by atoms with van der Waals surface area (Å²) in [4.78, 5) is 12.6. The highest BCUT2D eigenvalue weighted by Crippen LogP contribution is 2.22. The van der Waals surface area contributed by atoms with Crippen molar-refractivity contribution < 1.29 is 17.6 Å². The molecule has 28 heavy (non-hydrogen) atoms. The number of carbonyl (C=O) groups is 1. The van der Waals surface area contributed by atoms with Gasteiger partial charge < -0.3 is 9.73 Å². The molecule has 0 saturated carbocycles. The van der Waals surface area contributed by atoms with Gasteiger partial charge in [-0.05, 0) is 49.4 Å². The summed E-state index contributed by atoms with van der Waals surface area (Å²) in [5.74, 6) is 0.437. The molecule has 0 bridgehead atoms. The molecule has 1 aromatic heterocycles. The van der Waals surface area contributed by atoms with Crippen molar-refractivity contribution in [3.8, 4) is 0 Å². The maximum atomic E-state index is 12.9. The third kappa shape index (κ3) is 4.43. The van der Waals surface area contributed by atoms with E-state index in [9.17, 15) is 13.2 Å². The Balaban J connectivity index is 1.76. The summed E-state index contributed by atoms with van der Waals surface area (Å²) in [7, 11) is -2.29. The van der Waals surface area contributed by atoms with Crippen LogP contribution < -0.4 is 9.62 Å². The predicted molar refractivity (Wildman–Crippen MR) is 108 cm³/mol. The fourth-order valence-electron chi connectivity index (χ4n) is 2.82. The van der Waals surface area contributed by atoms with Crippen LogP contribution >= 0.6 is 0 Å². The highest BCUT2D eigenvalue weighted by Gasteiger charge is 2.22. The van der Waals surface area contributed by atoms with E-state index >= 15 is 0 Å². The van der Waals surface area contributed by atoms with Crippen LogP contribution in [0.25, 0.3) is 0 Å². The average Bonchev–Trinajstić information content (AvgIpc) is 3.21. The zero-order chi connectivity index (χ0) is 20.1. The van der Waals surface area contributed by atoms with E-state index in [0.29, 0.717) is 12.1 Å². The van der Waals surface area contributed by atoms with Crippen molar-refractivity contribution in [2.45, 2.75) is 24.3 Å². The second-order valence-electron chi connectivity index (χ2n) is 6.49. The van der Waals surface area contributed by atoms with Crippen molar-refractivity contribution >= 4 is 21.6 Å². The number of nitrogens with one attached hydrogen (secondary N) is 1. The smallest absolute Gasteiger partial charge is 0.264 e. The van der Waals surface area contributed by atoms with E-state index in [4.69, 9.17) is 4.42 Å². The van der Waals surface area contributed by atoms with E-state index in [1.807, 2.05) is 19.1 Å². The van der Waals surface area contributed by atoms with Crippen molar-refractivity contribution in [2.75, 3.05) is 11.4 Å². The van der Waals surface area contributed by atoms with Gasteiger partial charge in [0.15, 0.2) is 0 Å². The number of nitrogens with zero attached hydrogens (tertiary/aromatic N) is 1. The van der Waals surface area contributed by atoms with Crippen LogP contribution in [0.5, 0.6) is 0 Å². The van der Waals surface area contributed by atoms with Gasteiger partial charge in [-0.15, -0.1) is 0 Å². The van der Waals surface area contributed by atoms with Crippen LogP contribution in [0.15, 0.2) is 82.3 Å². The van der Waals surface area contributed by atoms with E-state index < -0.39 is 10.0 Å². The number of amides is 1. The van der Waals surface area contributed by atoms with Crippen molar-refractivity contribution in [1.82, 2.24) is 5.32 Å². The Hall–Kier alpha value is -3.06. The molecule has 1 amide bonds. The molecular weight excluding hydrogens is 376 g/mol. The largest absolute Gasteiger partial charge is 0.469 e. The highest BCUT2D eigenvalue weighted by atomic mass is 32.2. The molecule has 6 nitrogen and oxygen atoms in total. The monoisotopic (exact) mass is 398 g/mol. The number of sulfonamides is 1. The summed E-state index contributed by atoms with van der Waals surface area (Å²) in [6.45, 7) is 1.87. The van der Waals surface area contributed by atoms with Crippen LogP contribution in [-0.2, 0) is 16.4 Å². The third-order valence-corrected chi connectivity index (χ3v) is 6.12. The number of carbonyl (C=O) groups excluding carboxylic acids is 1. The first-order valence-corrected chi connectivity index (χ1v) is 10.3. The van der Waals surface area contributed by atoms with Gasteiger partial charge in [-0.25, -0.2) is 8.42 Å². The van der Waals surface area contributed by atoms with Gasteiger partial charge in [0.1, 0.15) is 5.76 Å². The first kappa shape index (κ1) is 19.7. The molecule has 3 rings (SSSR count). The van der Waals surface area contributed by atoms with Crippen LogP contribution in [0.2, 0.25) is 0 Å². The van der Waals surface area contributed by atoms with Crippen molar-refractivity contribution in [3.63, 3.8) is 0 Å². The topological polar surface area (TPSA) is 79.6 Å². The van der Waals surface area contributed by atoms with Crippen molar-refractivity contribution in [1.29, 1.82) is 0 Å². The lowest BCUT2D eigenvalue weighted by atomic mass is 10.1. The van der Waals surface area contributed by atoms with Gasteiger partial charge in [0, 0.05) is 25.1 Å². The molecule has 1 heterocycles. The lowest BCUT2D eigenvalue weighted by molar-refractivity contribution is 0.0939. The standard InChI is InChI=1S/C21H22N2O4S/c1-16(14-19-11-7-13-27-19)22-21(24)17-8-6-12-20(15-17)28(25,26)23(2)18-9-4-3-5-10-18/h3-13,15-16H,14H2,1-2H3,(H,22,24). The summed E-state index contributed by atoms with van der Waals surface area (Å²) in [6.07, 6.45) is 2.13. The number of benzene rings is 2. The fraction of sp³-hybridized carbons (Fsp3) is 0.190. The number of para-hydroxylation sites is 1. The molecule has 2 aromatic carbocycles. The molecule has 0 spiro atoms. The molecule has 0 radical (unpaired) electrons. The van der Waals surface area contributed by atoms with Crippen LogP contribution in [0.3, 0.4) is 0 Å². The van der Waals surface area contributed by atoms with Gasteiger partial charge in [0.2, 0.25) is 0 Å². The molecule has 0 fully saturated rings. The minimum Gasteiger partial charge on any atom is -0.469 e. The summed E-state index contributed by atoms with van der Waals surface area (Å²) in [5, 5.41) is 2.87. The molecule has 146 valence electrons. The highest BCUT2D eigenvalue weighted by molar-refractivity contribution is 7.92. The molecule has 0 saturated heterocycles. The van der Waals surface area contributed by atoms with Crippen molar-refractivity contribution in [3.05, 3.63) is 84.3 Å². The van der Waals surface area contributed by atoms with Gasteiger partial charge in [0.05, 0.1) is 16.8 Å². The summed E-state index contributed by atoms with van der Waals surface area (Å²) < 4.78 is 32.3. The predicted octanol–water partition coefficient (Wildman–Crippen LogP) is 3.47. The average molecular weight is 398 g/mol. The number of anilines is 1. The second-order valence-corrected chi connectivity index (χ2v) is 8.46. The van der Waals surface area contributed by atoms with Crippen LogP contribution in [0, 0.1) is 0 Å². The van der Waals surface area contributed by atoms with Crippen LogP contribution in [-0.4, -0.2) is 27.4 Å². The molecule has 1 atom stereocenters. The molecule has 0 aliphatic heterocycles. The van der Waals surface area contributed by atoms with Crippen molar-refractivity contribution in [2.24, 2.45) is 0 Å². The van der Waals surface area contributed by atoms with E-state index in [0.717, 1.165) is 5.76 Å². The van der Waals surface area contributed by atoms with Crippen LogP contribution in [0.1, 0.15) is 23.0 Å². The summed E-state index contributed by atoms with van der Waals surface area (Å²) in [6, 6.07) is 18.3. The Labute approximate surface area is 164 Å². The van der Waals surface area contributed by atoms with Gasteiger partial charge in [0.25, 0.3) is 15.9 Å². The van der Waals surface area contributed by atoms with Gasteiger partial charge >= 0.3 is 0 Å². The van der Waals surface area contributed by atoms with Gasteiger partial charge in [-0.3, -0.25) is 9.10 Å². The third-order valence-electron chi connectivity index (χ3n) is 4.34. The van der Waals surface area contributed by atoms with E-state index in [2.05, 4.69) is 5.32 Å². The second kappa shape index (κ2) is 8.31. The van der Waals surface area contributed by atoms with E-state index in [1.54, 1.807) is 48.7 Å². The molecular formula is C21H22N2O4S. The molecule has 0 aliphatic carbocycles. The Morgan fingerprint density at radius 3 is 2.50 bits per heavy atom. The summed E-state index contributed by atoms with van der Waals surface area (Å²) >= 11 is 0. The number of furan rings is 1. The Morgan fingerprint density at radius 2 is 1.82 bits per heavy atom. The van der Waals surface area contributed by atoms with E-state index in [1.165, 1.54) is 23.5 Å². The first-order chi connectivity index (χ1) is 13.4. The maximum Gasteiger partial charge on any atom is 0.264 e. The minimum atomic E-state index is -3.78. The fourth-order valence-corrected chi connectivity index (χ4v) is 4.06. The molecule has 3 aromatic rings. The first-order valence-electron chi connectivity index (χ1n) is 8.85. The van der Waals surface area contributed by atoms with Gasteiger partial charge in [-0.1, -0.05) is 24.3 Å². The lowest BCUT2D eigenvalue weighted by Gasteiger charge is -2.20. The lowest BCUT2D eigenvalue weighted by Crippen LogP contribution is -2.34. The Bertz CT molecular complexity index is 1030. The zero-order valence-corrected chi connectivity index (χ0v) is 16.5. The number of rotatable bonds is 7.